The number of carbonyl (C=O) groups is 2. The first kappa shape index (κ1) is 12.9. The van der Waals surface area contributed by atoms with Crippen molar-refractivity contribution in [2.45, 2.75) is 26.8 Å². The molecule has 0 saturated heterocycles. The molecule has 1 amide bonds. The molecule has 0 saturated carbocycles. The van der Waals surface area contributed by atoms with E-state index in [1.54, 1.807) is 20.8 Å². The number of carbonyl (C=O) groups excluding carboxylic acids is 2. The predicted molar refractivity (Wildman–Crippen MR) is 50.7 cm³/mol. The fourth-order valence-corrected chi connectivity index (χ4v) is 0.804. The van der Waals surface area contributed by atoms with Crippen LogP contribution in [0.1, 0.15) is 20.8 Å². The Hall–Kier alpha value is -1.10. The van der Waals surface area contributed by atoms with Gasteiger partial charge in [-0.2, -0.15) is 0 Å². The number of nitrogens with one attached hydrogen (secondary N) is 1. The van der Waals surface area contributed by atoms with Gasteiger partial charge in [0.25, 0.3) is 0 Å². The van der Waals surface area contributed by atoms with Gasteiger partial charge in [0.1, 0.15) is 12.6 Å². The van der Waals surface area contributed by atoms with Gasteiger partial charge in [0, 0.05) is 6.61 Å². The van der Waals surface area contributed by atoms with Crippen LogP contribution < -0.4 is 5.32 Å². The summed E-state index contributed by atoms with van der Waals surface area (Å²) in [6.45, 7) is 5.84. The Bertz CT molecular complexity index is 193. The fourth-order valence-electron chi connectivity index (χ4n) is 0.804. The highest BCUT2D eigenvalue weighted by Gasteiger charge is 2.15. The molecule has 0 rings (SSSR count). The Balaban J connectivity index is 3.75. The second kappa shape index (κ2) is 7.32. The molecule has 0 aromatic rings. The highest BCUT2D eigenvalue weighted by Crippen LogP contribution is 1.88. The number of amides is 1. The van der Waals surface area contributed by atoms with Gasteiger partial charge in [-0.3, -0.25) is 4.79 Å². The van der Waals surface area contributed by atoms with Crippen molar-refractivity contribution in [1.82, 2.24) is 5.32 Å². The first-order valence-corrected chi connectivity index (χ1v) is 4.65. The van der Waals surface area contributed by atoms with Crippen molar-refractivity contribution < 1.29 is 19.1 Å². The molecule has 82 valence electrons. The van der Waals surface area contributed by atoms with Crippen molar-refractivity contribution in [1.29, 1.82) is 0 Å². The minimum Gasteiger partial charge on any atom is -0.464 e. The molecule has 1 N–H and O–H groups in total. The van der Waals surface area contributed by atoms with Gasteiger partial charge in [-0.05, 0) is 20.8 Å². The maximum Gasteiger partial charge on any atom is 0.328 e. The Kier molecular flexibility index (Phi) is 6.74. The number of esters is 1. The molecule has 0 aliphatic rings. The van der Waals surface area contributed by atoms with Gasteiger partial charge in [0.2, 0.25) is 5.91 Å². The first-order chi connectivity index (χ1) is 6.61. The maximum absolute atomic E-state index is 11.1. The molecular formula is C9H17NO4. The Morgan fingerprint density at radius 3 is 2.43 bits per heavy atom. The summed E-state index contributed by atoms with van der Waals surface area (Å²) in [7, 11) is 0. The van der Waals surface area contributed by atoms with Gasteiger partial charge in [0.15, 0.2) is 0 Å². The molecular weight excluding hydrogens is 186 g/mol. The van der Waals surface area contributed by atoms with Crippen molar-refractivity contribution in [2.75, 3.05) is 19.8 Å². The summed E-state index contributed by atoms with van der Waals surface area (Å²) in [5.74, 6) is -0.746. The quantitative estimate of drug-likeness (QED) is 0.621. The van der Waals surface area contributed by atoms with E-state index in [1.165, 1.54) is 0 Å². The second-order valence-electron chi connectivity index (χ2n) is 2.68. The zero-order valence-electron chi connectivity index (χ0n) is 8.83. The number of rotatable bonds is 6. The van der Waals surface area contributed by atoms with Crippen LogP contribution in [0.15, 0.2) is 0 Å². The molecule has 0 aliphatic carbocycles. The van der Waals surface area contributed by atoms with E-state index in [0.29, 0.717) is 13.2 Å². The predicted octanol–water partition coefficient (Wildman–Crippen LogP) is 0.0907. The van der Waals surface area contributed by atoms with Crippen molar-refractivity contribution in [3.8, 4) is 0 Å². The highest BCUT2D eigenvalue weighted by molar-refractivity contribution is 5.84. The van der Waals surface area contributed by atoms with E-state index in [1.807, 2.05) is 0 Å². The zero-order valence-corrected chi connectivity index (χ0v) is 8.83. The monoisotopic (exact) mass is 203 g/mol. The average Bonchev–Trinajstić information content (AvgIpc) is 2.15. The molecule has 0 fully saturated rings. The molecule has 0 aromatic carbocycles. The third-order valence-electron chi connectivity index (χ3n) is 1.45. The standard InChI is InChI=1S/C9H17NO4/c1-4-13-6-8(11)10-7(3)9(12)14-5-2/h7H,4-6H2,1-3H3,(H,10,11). The van der Waals surface area contributed by atoms with E-state index in [4.69, 9.17) is 9.47 Å². The summed E-state index contributed by atoms with van der Waals surface area (Å²) < 4.78 is 9.59. The molecule has 0 aliphatic heterocycles. The third-order valence-corrected chi connectivity index (χ3v) is 1.45. The second-order valence-corrected chi connectivity index (χ2v) is 2.68. The lowest BCUT2D eigenvalue weighted by atomic mass is 10.3. The summed E-state index contributed by atoms with van der Waals surface area (Å²) in [5.41, 5.74) is 0. The van der Waals surface area contributed by atoms with Crippen LogP contribution >= 0.6 is 0 Å². The summed E-state index contributed by atoms with van der Waals surface area (Å²) in [6, 6.07) is -0.622. The van der Waals surface area contributed by atoms with Crippen molar-refractivity contribution in [3.05, 3.63) is 0 Å². The van der Waals surface area contributed by atoms with E-state index in [-0.39, 0.29) is 12.5 Å². The van der Waals surface area contributed by atoms with Gasteiger partial charge in [-0.15, -0.1) is 0 Å². The zero-order chi connectivity index (χ0) is 11.0. The lowest BCUT2D eigenvalue weighted by molar-refractivity contribution is -0.147. The smallest absolute Gasteiger partial charge is 0.328 e. The van der Waals surface area contributed by atoms with Gasteiger partial charge in [-0.1, -0.05) is 0 Å². The van der Waals surface area contributed by atoms with Crippen LogP contribution in [0.3, 0.4) is 0 Å². The van der Waals surface area contributed by atoms with Crippen LogP contribution in [0.5, 0.6) is 0 Å². The van der Waals surface area contributed by atoms with Crippen LogP contribution in [0, 0.1) is 0 Å². The Labute approximate surface area is 83.8 Å². The average molecular weight is 203 g/mol. The summed E-state index contributed by atoms with van der Waals surface area (Å²) in [4.78, 5) is 22.2. The molecule has 1 unspecified atom stereocenters. The van der Waals surface area contributed by atoms with E-state index in [0.717, 1.165) is 0 Å². The molecule has 5 heteroatoms. The highest BCUT2D eigenvalue weighted by atomic mass is 16.5. The molecule has 14 heavy (non-hydrogen) atoms. The summed E-state index contributed by atoms with van der Waals surface area (Å²) in [5, 5.41) is 2.46. The van der Waals surface area contributed by atoms with Gasteiger partial charge < -0.3 is 14.8 Å². The lowest BCUT2D eigenvalue weighted by Crippen LogP contribution is -2.41. The van der Waals surface area contributed by atoms with Crippen molar-refractivity contribution >= 4 is 11.9 Å². The van der Waals surface area contributed by atoms with Gasteiger partial charge in [0.05, 0.1) is 6.61 Å². The fraction of sp³-hybridized carbons (Fsp3) is 0.778. The molecule has 0 radical (unpaired) electrons. The third kappa shape index (κ3) is 5.53. The maximum atomic E-state index is 11.1. The Morgan fingerprint density at radius 2 is 1.93 bits per heavy atom. The SMILES string of the molecule is CCOCC(=O)NC(C)C(=O)OCC. The van der Waals surface area contributed by atoms with E-state index < -0.39 is 12.0 Å². The molecule has 5 nitrogen and oxygen atoms in total. The molecule has 0 spiro atoms. The van der Waals surface area contributed by atoms with E-state index in [2.05, 4.69) is 5.32 Å². The lowest BCUT2D eigenvalue weighted by Gasteiger charge is -2.12. The molecule has 0 bridgehead atoms. The summed E-state index contributed by atoms with van der Waals surface area (Å²) >= 11 is 0. The minimum absolute atomic E-state index is 0.0275. The van der Waals surface area contributed by atoms with Crippen LogP contribution in [0.25, 0.3) is 0 Å². The van der Waals surface area contributed by atoms with Gasteiger partial charge >= 0.3 is 5.97 Å². The first-order valence-electron chi connectivity index (χ1n) is 4.65. The number of hydrogen-bond acceptors (Lipinski definition) is 4. The van der Waals surface area contributed by atoms with E-state index >= 15 is 0 Å². The van der Waals surface area contributed by atoms with Crippen LogP contribution in [0.4, 0.5) is 0 Å². The minimum atomic E-state index is -0.622. The van der Waals surface area contributed by atoms with Gasteiger partial charge in [-0.25, -0.2) is 4.79 Å². The topological polar surface area (TPSA) is 64.6 Å². The number of ether oxygens (including phenoxy) is 2. The number of hydrogen-bond donors (Lipinski definition) is 1. The van der Waals surface area contributed by atoms with Crippen molar-refractivity contribution in [2.24, 2.45) is 0 Å². The normalized spacial score (nSPS) is 11.9. The van der Waals surface area contributed by atoms with Crippen LogP contribution in [0.2, 0.25) is 0 Å². The van der Waals surface area contributed by atoms with E-state index in [9.17, 15) is 9.59 Å². The van der Waals surface area contributed by atoms with Crippen molar-refractivity contribution in [3.63, 3.8) is 0 Å². The summed E-state index contributed by atoms with van der Waals surface area (Å²) in [6.07, 6.45) is 0. The van der Waals surface area contributed by atoms with Crippen LogP contribution in [-0.2, 0) is 19.1 Å². The Morgan fingerprint density at radius 1 is 1.29 bits per heavy atom. The van der Waals surface area contributed by atoms with Crippen LogP contribution in [-0.4, -0.2) is 37.7 Å². The molecule has 0 aromatic heterocycles. The molecule has 1 atom stereocenters. The largest absolute Gasteiger partial charge is 0.464 e. The molecule has 0 heterocycles.